The molecule has 0 amide bonds. The summed E-state index contributed by atoms with van der Waals surface area (Å²) >= 11 is 0. The molecule has 2 saturated heterocycles. The summed E-state index contributed by atoms with van der Waals surface area (Å²) in [6.07, 6.45) is 5.01. The van der Waals surface area contributed by atoms with Crippen LogP contribution in [0.2, 0.25) is 0 Å². The largest absolute Gasteiger partial charge is 0.493 e. The number of nitrogens with zero attached hydrogens (tertiary/aromatic N) is 8. The van der Waals surface area contributed by atoms with Crippen LogP contribution in [0.25, 0.3) is 5.69 Å². The topological polar surface area (TPSA) is 116 Å². The molecular formula is C37H42F2N8O4. The molecule has 14 heteroatoms. The fourth-order valence-electron chi connectivity index (χ4n) is 7.22. The molecule has 0 saturated carbocycles. The van der Waals surface area contributed by atoms with Gasteiger partial charge in [-0.25, -0.2) is 22.8 Å². The number of piperazine rings is 1. The summed E-state index contributed by atoms with van der Waals surface area (Å²) < 4.78 is 43.9. The average molecular weight is 701 g/mol. The SMILES string of the molecule is CC[C@@H]([C@H](C)O)n1ncn(-c2ccc(N3CCN(c4ccc(OC[C@@H]5CO[C@@](Cn6nccn6)(c6ccc(F)cc6F)C5)cc4)CC3)cc2)c1=O. The van der Waals surface area contributed by atoms with Crippen molar-refractivity contribution in [2.75, 3.05) is 49.2 Å². The highest BCUT2D eigenvalue weighted by molar-refractivity contribution is 5.54. The van der Waals surface area contributed by atoms with Crippen LogP contribution in [-0.2, 0) is 16.9 Å². The molecule has 4 atom stereocenters. The van der Waals surface area contributed by atoms with Gasteiger partial charge >= 0.3 is 5.69 Å². The second-order valence-electron chi connectivity index (χ2n) is 13.3. The Balaban J connectivity index is 0.923. The first-order valence-electron chi connectivity index (χ1n) is 17.3. The fraction of sp³-hybridized carbons (Fsp3) is 0.405. The highest BCUT2D eigenvalue weighted by atomic mass is 19.1. The van der Waals surface area contributed by atoms with Crippen molar-refractivity contribution in [1.82, 2.24) is 29.3 Å². The minimum absolute atomic E-state index is 0.0194. The number of rotatable bonds is 12. The van der Waals surface area contributed by atoms with E-state index in [-0.39, 0.29) is 29.8 Å². The van der Waals surface area contributed by atoms with E-state index in [9.17, 15) is 18.7 Å². The lowest BCUT2D eigenvalue weighted by Crippen LogP contribution is -2.46. The predicted octanol–water partition coefficient (Wildman–Crippen LogP) is 4.57. The van der Waals surface area contributed by atoms with Crippen LogP contribution >= 0.6 is 0 Å². The van der Waals surface area contributed by atoms with Crippen molar-refractivity contribution in [2.24, 2.45) is 5.92 Å². The third kappa shape index (κ3) is 7.24. The molecule has 5 aromatic rings. The lowest BCUT2D eigenvalue weighted by atomic mass is 9.87. The molecule has 0 aliphatic carbocycles. The van der Waals surface area contributed by atoms with Gasteiger partial charge in [0.05, 0.1) is 50.0 Å². The summed E-state index contributed by atoms with van der Waals surface area (Å²) in [5.74, 6) is -0.583. The smallest absolute Gasteiger partial charge is 0.350 e. The van der Waals surface area contributed by atoms with Crippen LogP contribution in [0.15, 0.2) is 90.2 Å². The number of aromatic nitrogens is 6. The molecule has 2 aromatic heterocycles. The van der Waals surface area contributed by atoms with E-state index in [0.717, 1.165) is 55.1 Å². The lowest BCUT2D eigenvalue weighted by molar-refractivity contribution is -0.0236. The Hall–Kier alpha value is -5.08. The summed E-state index contributed by atoms with van der Waals surface area (Å²) in [5, 5.41) is 22.7. The highest BCUT2D eigenvalue weighted by Crippen LogP contribution is 2.42. The number of hydrogen-bond acceptors (Lipinski definition) is 9. The maximum Gasteiger partial charge on any atom is 0.350 e. The van der Waals surface area contributed by atoms with Crippen molar-refractivity contribution in [2.45, 2.75) is 51.0 Å². The van der Waals surface area contributed by atoms with Gasteiger partial charge in [0.25, 0.3) is 0 Å². The van der Waals surface area contributed by atoms with Crippen LogP contribution < -0.4 is 20.2 Å². The number of aliphatic hydroxyl groups is 1. The van der Waals surface area contributed by atoms with E-state index in [1.807, 2.05) is 43.3 Å². The molecule has 0 spiro atoms. The molecular weight excluding hydrogens is 658 g/mol. The summed E-state index contributed by atoms with van der Waals surface area (Å²) in [6, 6.07) is 19.1. The molecule has 0 radical (unpaired) electrons. The maximum absolute atomic E-state index is 15.0. The van der Waals surface area contributed by atoms with Crippen molar-refractivity contribution in [3.05, 3.63) is 113 Å². The molecule has 0 unspecified atom stereocenters. The van der Waals surface area contributed by atoms with E-state index < -0.39 is 23.3 Å². The van der Waals surface area contributed by atoms with Crippen LogP contribution in [0.3, 0.4) is 0 Å². The Morgan fingerprint density at radius 2 is 1.55 bits per heavy atom. The minimum Gasteiger partial charge on any atom is -0.493 e. The zero-order chi connectivity index (χ0) is 35.5. The molecule has 12 nitrogen and oxygen atoms in total. The third-order valence-electron chi connectivity index (χ3n) is 9.94. The van der Waals surface area contributed by atoms with Crippen molar-refractivity contribution < 1.29 is 23.4 Å². The van der Waals surface area contributed by atoms with Crippen molar-refractivity contribution >= 4 is 11.4 Å². The van der Waals surface area contributed by atoms with Gasteiger partial charge in [0.15, 0.2) is 0 Å². The van der Waals surface area contributed by atoms with E-state index in [1.165, 1.54) is 32.5 Å². The van der Waals surface area contributed by atoms with E-state index >= 15 is 0 Å². The lowest BCUT2D eigenvalue weighted by Gasteiger charge is -2.37. The second-order valence-corrected chi connectivity index (χ2v) is 13.3. The number of aliphatic hydroxyl groups excluding tert-OH is 1. The van der Waals surface area contributed by atoms with Crippen LogP contribution in [-0.4, -0.2) is 79.9 Å². The quantitative estimate of drug-likeness (QED) is 0.200. The molecule has 2 aliphatic heterocycles. The van der Waals surface area contributed by atoms with E-state index in [2.05, 4.69) is 37.2 Å². The number of anilines is 2. The fourth-order valence-corrected chi connectivity index (χ4v) is 7.22. The second kappa shape index (κ2) is 14.6. The van der Waals surface area contributed by atoms with E-state index in [0.29, 0.717) is 26.1 Å². The molecule has 51 heavy (non-hydrogen) atoms. The Morgan fingerprint density at radius 1 is 0.922 bits per heavy atom. The number of benzene rings is 3. The average Bonchev–Trinajstić information content (AvgIpc) is 3.90. The van der Waals surface area contributed by atoms with E-state index in [4.69, 9.17) is 9.47 Å². The molecule has 2 aliphatic rings. The zero-order valence-electron chi connectivity index (χ0n) is 28.7. The highest BCUT2D eigenvalue weighted by Gasteiger charge is 2.45. The van der Waals surface area contributed by atoms with Gasteiger partial charge in [-0.05, 0) is 74.4 Å². The van der Waals surface area contributed by atoms with Gasteiger partial charge in [-0.3, -0.25) is 0 Å². The monoisotopic (exact) mass is 700 g/mol. The summed E-state index contributed by atoms with van der Waals surface area (Å²) in [4.78, 5) is 19.1. The number of hydrogen-bond donors (Lipinski definition) is 1. The van der Waals surface area contributed by atoms with E-state index in [1.54, 1.807) is 19.3 Å². The Morgan fingerprint density at radius 3 is 2.16 bits per heavy atom. The van der Waals surface area contributed by atoms with Gasteiger partial charge in [-0.15, -0.1) is 0 Å². The molecule has 2 fully saturated rings. The summed E-state index contributed by atoms with van der Waals surface area (Å²) in [5.41, 5.74) is 1.89. The first kappa shape index (κ1) is 34.4. The standard InChI is InChI=1S/C37H42F2N8O4/c1-3-35(26(2)48)47-36(49)45(25-42-47)31-7-5-29(6-8-31)43-16-18-44(19-17-43)30-9-11-32(12-10-30)50-22-27-21-37(51-23-27,24-46-40-14-15-41-46)33-13-4-28(38)20-34(33)39/h4-15,20,25-27,35,48H,3,16-19,21-24H2,1-2H3/t26-,27+,35-,37-/m0/s1. The number of ether oxygens (including phenoxy) is 2. The van der Waals surface area contributed by atoms with Gasteiger partial charge in [0.1, 0.15) is 29.3 Å². The van der Waals surface area contributed by atoms with Gasteiger partial charge < -0.3 is 24.4 Å². The van der Waals surface area contributed by atoms with Gasteiger partial charge in [0.2, 0.25) is 0 Å². The van der Waals surface area contributed by atoms with Crippen LogP contribution in [0.4, 0.5) is 20.2 Å². The predicted molar refractivity (Wildman–Crippen MR) is 187 cm³/mol. The van der Waals surface area contributed by atoms with Gasteiger partial charge in [-0.1, -0.05) is 13.0 Å². The number of halogens is 2. The molecule has 7 rings (SSSR count). The first-order valence-corrected chi connectivity index (χ1v) is 17.3. The van der Waals surface area contributed by atoms with Crippen LogP contribution in [0.5, 0.6) is 5.75 Å². The van der Waals surface area contributed by atoms with Crippen LogP contribution in [0.1, 0.15) is 38.3 Å². The molecule has 0 bridgehead atoms. The molecule has 4 heterocycles. The van der Waals surface area contributed by atoms with Crippen LogP contribution in [0, 0.1) is 17.6 Å². The Bertz CT molecular complexity index is 1960. The van der Waals surface area contributed by atoms with Gasteiger partial charge in [0, 0.05) is 55.1 Å². The Kier molecular flexibility index (Phi) is 9.87. The van der Waals surface area contributed by atoms with Crippen molar-refractivity contribution in [1.29, 1.82) is 0 Å². The van der Waals surface area contributed by atoms with Gasteiger partial charge in [-0.2, -0.15) is 20.1 Å². The molecule has 3 aromatic carbocycles. The third-order valence-corrected chi connectivity index (χ3v) is 9.94. The summed E-state index contributed by atoms with van der Waals surface area (Å²) in [6.45, 7) is 7.90. The van der Waals surface area contributed by atoms with Crippen molar-refractivity contribution in [3.8, 4) is 11.4 Å². The van der Waals surface area contributed by atoms with Crippen molar-refractivity contribution in [3.63, 3.8) is 0 Å². The molecule has 268 valence electrons. The Labute approximate surface area is 294 Å². The first-order chi connectivity index (χ1) is 24.7. The minimum atomic E-state index is -1.04. The zero-order valence-corrected chi connectivity index (χ0v) is 28.7. The summed E-state index contributed by atoms with van der Waals surface area (Å²) in [7, 11) is 0. The molecule has 1 N–H and O–H groups in total. The normalized spacial score (nSPS) is 20.5. The maximum atomic E-state index is 15.0.